The minimum atomic E-state index is -0.158. The Balaban J connectivity index is 0.00000324. The number of guanidine groups is 1. The van der Waals surface area contributed by atoms with E-state index in [1.54, 1.807) is 12.1 Å². The molecule has 0 aliphatic carbocycles. The van der Waals surface area contributed by atoms with Crippen LogP contribution in [-0.4, -0.2) is 25.1 Å². The van der Waals surface area contributed by atoms with Crippen LogP contribution < -0.4 is 10.6 Å². The van der Waals surface area contributed by atoms with Gasteiger partial charge in [-0.3, -0.25) is 4.99 Å². The molecule has 0 aromatic heterocycles. The predicted octanol–water partition coefficient (Wildman–Crippen LogP) is 2.95. The van der Waals surface area contributed by atoms with Gasteiger partial charge < -0.3 is 10.6 Å². The Morgan fingerprint density at radius 2 is 2.00 bits per heavy atom. The molecule has 108 valence electrons. The van der Waals surface area contributed by atoms with Crippen LogP contribution in [0.2, 0.25) is 0 Å². The number of hydrogen-bond acceptors (Lipinski definition) is 1. The quantitative estimate of drug-likeness (QED) is 0.469. The maximum absolute atomic E-state index is 13.4. The van der Waals surface area contributed by atoms with Crippen molar-refractivity contribution in [3.8, 4) is 0 Å². The van der Waals surface area contributed by atoms with E-state index in [2.05, 4.69) is 29.5 Å². The Bertz CT molecular complexity index is 394. The lowest BCUT2D eigenvalue weighted by molar-refractivity contribution is 0.609. The molecular weight excluding hydrogens is 356 g/mol. The molecule has 0 aliphatic heterocycles. The third-order valence-electron chi connectivity index (χ3n) is 2.38. The standard InChI is InChI=1S/C14H22FN3.HI/c1-4-16-14(18-11(2)3)17-10-9-12-7-5-6-8-13(12)15;/h5-8,11H,4,9-10H2,1-3H3,(H2,16,17,18);1H. The second-order valence-electron chi connectivity index (χ2n) is 4.40. The fourth-order valence-electron chi connectivity index (χ4n) is 1.58. The summed E-state index contributed by atoms with van der Waals surface area (Å²) < 4.78 is 13.4. The van der Waals surface area contributed by atoms with Gasteiger partial charge in [0, 0.05) is 19.1 Å². The molecule has 3 nitrogen and oxygen atoms in total. The van der Waals surface area contributed by atoms with Gasteiger partial charge in [-0.2, -0.15) is 0 Å². The van der Waals surface area contributed by atoms with Gasteiger partial charge in [0.25, 0.3) is 0 Å². The van der Waals surface area contributed by atoms with E-state index in [0.717, 1.165) is 12.5 Å². The van der Waals surface area contributed by atoms with Crippen molar-refractivity contribution >= 4 is 29.9 Å². The Morgan fingerprint density at radius 1 is 1.32 bits per heavy atom. The average molecular weight is 379 g/mol. The lowest BCUT2D eigenvalue weighted by atomic mass is 10.1. The maximum Gasteiger partial charge on any atom is 0.191 e. The molecule has 0 amide bonds. The highest BCUT2D eigenvalue weighted by molar-refractivity contribution is 14.0. The summed E-state index contributed by atoms with van der Waals surface area (Å²) in [4.78, 5) is 4.42. The van der Waals surface area contributed by atoms with Gasteiger partial charge >= 0.3 is 0 Å². The summed E-state index contributed by atoms with van der Waals surface area (Å²) in [6.45, 7) is 7.53. The molecule has 2 N–H and O–H groups in total. The van der Waals surface area contributed by atoms with Crippen molar-refractivity contribution in [2.24, 2.45) is 4.99 Å². The smallest absolute Gasteiger partial charge is 0.191 e. The van der Waals surface area contributed by atoms with Gasteiger partial charge in [-0.15, -0.1) is 24.0 Å². The first-order valence-corrected chi connectivity index (χ1v) is 6.41. The summed E-state index contributed by atoms with van der Waals surface area (Å²) in [5.41, 5.74) is 0.710. The molecule has 0 spiro atoms. The van der Waals surface area contributed by atoms with Crippen molar-refractivity contribution in [3.05, 3.63) is 35.6 Å². The molecule has 1 aromatic rings. The van der Waals surface area contributed by atoms with Crippen molar-refractivity contribution in [2.45, 2.75) is 33.2 Å². The zero-order chi connectivity index (χ0) is 13.4. The van der Waals surface area contributed by atoms with E-state index in [-0.39, 0.29) is 29.8 Å². The third kappa shape index (κ3) is 7.34. The van der Waals surface area contributed by atoms with E-state index in [4.69, 9.17) is 0 Å². The second kappa shape index (κ2) is 10.00. The summed E-state index contributed by atoms with van der Waals surface area (Å²) in [6, 6.07) is 7.16. The molecule has 0 radical (unpaired) electrons. The summed E-state index contributed by atoms with van der Waals surface area (Å²) >= 11 is 0. The van der Waals surface area contributed by atoms with Gasteiger partial charge in [0.15, 0.2) is 5.96 Å². The molecule has 0 saturated carbocycles. The van der Waals surface area contributed by atoms with Crippen LogP contribution in [0.15, 0.2) is 29.3 Å². The minimum Gasteiger partial charge on any atom is -0.357 e. The second-order valence-corrected chi connectivity index (χ2v) is 4.40. The first-order valence-electron chi connectivity index (χ1n) is 6.41. The first-order chi connectivity index (χ1) is 8.63. The number of nitrogens with one attached hydrogen (secondary N) is 2. The van der Waals surface area contributed by atoms with Gasteiger partial charge in [-0.05, 0) is 38.8 Å². The van der Waals surface area contributed by atoms with Crippen LogP contribution in [0.1, 0.15) is 26.3 Å². The lowest BCUT2D eigenvalue weighted by Gasteiger charge is -2.13. The molecule has 0 saturated heterocycles. The number of halogens is 2. The normalized spacial score (nSPS) is 11.1. The highest BCUT2D eigenvalue weighted by Gasteiger charge is 2.01. The van der Waals surface area contributed by atoms with E-state index >= 15 is 0 Å². The Morgan fingerprint density at radius 3 is 2.58 bits per heavy atom. The van der Waals surface area contributed by atoms with E-state index in [9.17, 15) is 4.39 Å². The largest absolute Gasteiger partial charge is 0.357 e. The van der Waals surface area contributed by atoms with E-state index in [1.807, 2.05) is 13.0 Å². The van der Waals surface area contributed by atoms with E-state index < -0.39 is 0 Å². The topological polar surface area (TPSA) is 36.4 Å². The van der Waals surface area contributed by atoms with Crippen molar-refractivity contribution in [2.75, 3.05) is 13.1 Å². The van der Waals surface area contributed by atoms with Crippen LogP contribution in [0.4, 0.5) is 4.39 Å². The van der Waals surface area contributed by atoms with Gasteiger partial charge in [0.1, 0.15) is 5.82 Å². The fraction of sp³-hybridized carbons (Fsp3) is 0.500. The Hall–Kier alpha value is -0.850. The van der Waals surface area contributed by atoms with Crippen LogP contribution in [-0.2, 0) is 6.42 Å². The summed E-state index contributed by atoms with van der Waals surface area (Å²) in [7, 11) is 0. The molecule has 1 aromatic carbocycles. The number of rotatable bonds is 5. The van der Waals surface area contributed by atoms with Gasteiger partial charge in [0.2, 0.25) is 0 Å². The highest BCUT2D eigenvalue weighted by Crippen LogP contribution is 2.06. The van der Waals surface area contributed by atoms with Crippen LogP contribution in [0.5, 0.6) is 0 Å². The Kier molecular flexibility index (Phi) is 9.55. The van der Waals surface area contributed by atoms with Crippen molar-refractivity contribution < 1.29 is 4.39 Å². The summed E-state index contributed by atoms with van der Waals surface area (Å²) in [5, 5.41) is 6.39. The van der Waals surface area contributed by atoms with Gasteiger partial charge in [-0.1, -0.05) is 18.2 Å². The summed E-state index contributed by atoms with van der Waals surface area (Å²) in [5.74, 6) is 0.623. The van der Waals surface area contributed by atoms with E-state index in [1.165, 1.54) is 6.07 Å². The molecule has 5 heteroatoms. The number of nitrogens with zero attached hydrogens (tertiary/aromatic N) is 1. The number of benzene rings is 1. The SMILES string of the molecule is CCNC(=NCCc1ccccc1F)NC(C)C.I. The average Bonchev–Trinajstić information content (AvgIpc) is 2.31. The molecule has 1 rings (SSSR count). The van der Waals surface area contributed by atoms with Crippen LogP contribution >= 0.6 is 24.0 Å². The number of aliphatic imine (C=N–C) groups is 1. The Labute approximate surface area is 132 Å². The fourth-order valence-corrected chi connectivity index (χ4v) is 1.58. The molecule has 0 unspecified atom stereocenters. The van der Waals surface area contributed by atoms with Crippen LogP contribution in [0.3, 0.4) is 0 Å². The molecule has 0 fully saturated rings. The number of hydrogen-bond donors (Lipinski definition) is 2. The zero-order valence-corrected chi connectivity index (χ0v) is 14.1. The molecule has 0 aliphatic rings. The lowest BCUT2D eigenvalue weighted by Crippen LogP contribution is -2.41. The maximum atomic E-state index is 13.4. The van der Waals surface area contributed by atoms with Crippen molar-refractivity contribution in [3.63, 3.8) is 0 Å². The minimum absolute atomic E-state index is 0. The zero-order valence-electron chi connectivity index (χ0n) is 11.7. The van der Waals surface area contributed by atoms with Gasteiger partial charge in [-0.25, -0.2) is 4.39 Å². The van der Waals surface area contributed by atoms with Crippen molar-refractivity contribution in [1.29, 1.82) is 0 Å². The molecule has 19 heavy (non-hydrogen) atoms. The first kappa shape index (κ1) is 18.1. The molecule has 0 heterocycles. The summed E-state index contributed by atoms with van der Waals surface area (Å²) in [6.07, 6.45) is 0.612. The van der Waals surface area contributed by atoms with Crippen LogP contribution in [0, 0.1) is 5.82 Å². The van der Waals surface area contributed by atoms with E-state index in [0.29, 0.717) is 24.6 Å². The molecule has 0 bridgehead atoms. The molecular formula is C14H23FIN3. The van der Waals surface area contributed by atoms with Crippen LogP contribution in [0.25, 0.3) is 0 Å². The third-order valence-corrected chi connectivity index (χ3v) is 2.38. The monoisotopic (exact) mass is 379 g/mol. The van der Waals surface area contributed by atoms with Crippen molar-refractivity contribution in [1.82, 2.24) is 10.6 Å². The predicted molar refractivity (Wildman–Crippen MR) is 89.8 cm³/mol. The molecule has 0 atom stereocenters. The van der Waals surface area contributed by atoms with Gasteiger partial charge in [0.05, 0.1) is 0 Å². The highest BCUT2D eigenvalue weighted by atomic mass is 127.